The molecule has 15 heavy (non-hydrogen) atoms. The quantitative estimate of drug-likeness (QED) is 0.628. The van der Waals surface area contributed by atoms with Gasteiger partial charge in [0.1, 0.15) is 0 Å². The van der Waals surface area contributed by atoms with Gasteiger partial charge in [-0.15, -0.1) is 0 Å². The number of nitrogens with two attached hydrogens (primary N) is 1. The van der Waals surface area contributed by atoms with Gasteiger partial charge in [-0.2, -0.15) is 0 Å². The first-order valence-electron chi connectivity index (χ1n) is 4.45. The second-order valence-corrected chi connectivity index (χ2v) is 8.12. The van der Waals surface area contributed by atoms with E-state index in [9.17, 15) is 16.8 Å². The van der Waals surface area contributed by atoms with Crippen molar-refractivity contribution in [1.29, 1.82) is 0 Å². The second kappa shape index (κ2) is 5.24. The Morgan fingerprint density at radius 3 is 1.93 bits per heavy atom. The van der Waals surface area contributed by atoms with Crippen LogP contribution >= 0.6 is 0 Å². The summed E-state index contributed by atoms with van der Waals surface area (Å²) in [6.45, 7) is 3.75. The monoisotopic (exact) mass is 258 g/mol. The smallest absolute Gasteiger partial charge is 0.226 e. The number of hydrogen-bond donors (Lipinski definition) is 2. The zero-order valence-corrected chi connectivity index (χ0v) is 10.7. The lowest BCUT2D eigenvalue weighted by Crippen LogP contribution is -2.45. The topological polar surface area (TPSA) is 106 Å². The minimum atomic E-state index is -3.81. The predicted molar refractivity (Wildman–Crippen MR) is 59.4 cm³/mol. The number of rotatable bonds is 6. The molecular weight excluding hydrogens is 240 g/mol. The summed E-state index contributed by atoms with van der Waals surface area (Å²) in [6.07, 6.45) is 0.874. The minimum absolute atomic E-state index is 0.0179. The second-order valence-electron chi connectivity index (χ2n) is 3.86. The molecule has 0 aliphatic heterocycles. The molecule has 0 fully saturated rings. The Morgan fingerprint density at radius 2 is 1.67 bits per heavy atom. The largest absolute Gasteiger partial charge is 0.329 e. The van der Waals surface area contributed by atoms with Crippen molar-refractivity contribution in [1.82, 2.24) is 4.72 Å². The summed E-state index contributed by atoms with van der Waals surface area (Å²) < 4.78 is 46.7. The van der Waals surface area contributed by atoms with E-state index in [-0.39, 0.29) is 12.5 Å². The highest BCUT2D eigenvalue weighted by Gasteiger charge is 2.23. The molecule has 0 aliphatic rings. The van der Waals surface area contributed by atoms with Gasteiger partial charge in [0.15, 0.2) is 14.9 Å². The lowest BCUT2D eigenvalue weighted by Gasteiger charge is -2.19. The summed E-state index contributed by atoms with van der Waals surface area (Å²) in [5.74, 6) is 0.0179. The standard InChI is InChI=1S/C7H18N2O4S2/c1-6(2)7(4-8)9-15(12,13)5-14(3,10)11/h6-7,9H,4-5,8H2,1-3H3. The molecule has 0 saturated heterocycles. The van der Waals surface area contributed by atoms with E-state index in [0.717, 1.165) is 6.26 Å². The van der Waals surface area contributed by atoms with E-state index in [4.69, 9.17) is 5.73 Å². The Hall–Kier alpha value is -0.180. The van der Waals surface area contributed by atoms with Crippen molar-refractivity contribution in [2.75, 3.05) is 17.9 Å². The van der Waals surface area contributed by atoms with Crippen LogP contribution in [0.1, 0.15) is 13.8 Å². The van der Waals surface area contributed by atoms with Crippen LogP contribution in [0.5, 0.6) is 0 Å². The van der Waals surface area contributed by atoms with E-state index in [0.29, 0.717) is 0 Å². The van der Waals surface area contributed by atoms with Gasteiger partial charge in [0.05, 0.1) is 0 Å². The maximum atomic E-state index is 11.4. The van der Waals surface area contributed by atoms with Crippen LogP contribution in [-0.2, 0) is 19.9 Å². The van der Waals surface area contributed by atoms with Crippen molar-refractivity contribution in [3.05, 3.63) is 0 Å². The molecule has 6 nitrogen and oxygen atoms in total. The van der Waals surface area contributed by atoms with Gasteiger partial charge >= 0.3 is 0 Å². The SMILES string of the molecule is CC(C)C(CN)NS(=O)(=O)CS(C)(=O)=O. The lowest BCUT2D eigenvalue weighted by molar-refractivity contribution is 0.456. The molecule has 3 N–H and O–H groups in total. The van der Waals surface area contributed by atoms with Crippen molar-refractivity contribution < 1.29 is 16.8 Å². The molecule has 0 aliphatic carbocycles. The van der Waals surface area contributed by atoms with E-state index >= 15 is 0 Å². The number of sulfone groups is 1. The van der Waals surface area contributed by atoms with Gasteiger partial charge in [-0.25, -0.2) is 21.6 Å². The summed E-state index contributed by atoms with van der Waals surface area (Å²) in [5, 5.41) is -0.900. The fourth-order valence-electron chi connectivity index (χ4n) is 1.00. The highest BCUT2D eigenvalue weighted by atomic mass is 32.3. The van der Waals surface area contributed by atoms with Gasteiger partial charge in [-0.3, -0.25) is 0 Å². The Labute approximate surface area is 91.2 Å². The molecule has 0 amide bonds. The fourth-order valence-corrected chi connectivity index (χ4v) is 4.36. The van der Waals surface area contributed by atoms with Crippen molar-refractivity contribution in [2.24, 2.45) is 11.7 Å². The van der Waals surface area contributed by atoms with Crippen LogP contribution in [0.2, 0.25) is 0 Å². The van der Waals surface area contributed by atoms with E-state index in [1.54, 1.807) is 13.8 Å². The van der Waals surface area contributed by atoms with Crippen LogP contribution in [0.4, 0.5) is 0 Å². The van der Waals surface area contributed by atoms with Crippen molar-refractivity contribution >= 4 is 19.9 Å². The highest BCUT2D eigenvalue weighted by Crippen LogP contribution is 2.03. The van der Waals surface area contributed by atoms with Gasteiger partial charge in [0, 0.05) is 18.8 Å². The molecule has 1 atom stereocenters. The van der Waals surface area contributed by atoms with E-state index < -0.39 is 31.0 Å². The summed E-state index contributed by atoms with van der Waals surface area (Å²) >= 11 is 0. The van der Waals surface area contributed by atoms with Crippen molar-refractivity contribution in [3.8, 4) is 0 Å². The first-order chi connectivity index (χ1) is 6.57. The normalized spacial score (nSPS) is 15.5. The lowest BCUT2D eigenvalue weighted by atomic mass is 10.1. The average molecular weight is 258 g/mol. The molecule has 0 rings (SSSR count). The van der Waals surface area contributed by atoms with E-state index in [1.165, 1.54) is 0 Å². The molecule has 0 aromatic heterocycles. The molecule has 0 aromatic carbocycles. The average Bonchev–Trinajstić information content (AvgIpc) is 1.94. The van der Waals surface area contributed by atoms with Gasteiger partial charge in [0.25, 0.3) is 0 Å². The molecule has 0 saturated carbocycles. The maximum Gasteiger partial charge on any atom is 0.226 e. The first-order valence-corrected chi connectivity index (χ1v) is 8.16. The van der Waals surface area contributed by atoms with Crippen LogP contribution in [0, 0.1) is 5.92 Å². The molecule has 0 heterocycles. The zero-order valence-electron chi connectivity index (χ0n) is 9.10. The Kier molecular flexibility index (Phi) is 5.18. The summed E-state index contributed by atoms with van der Waals surface area (Å²) in [7, 11) is -7.37. The Bertz CT molecular complexity index is 385. The van der Waals surface area contributed by atoms with Gasteiger partial charge in [0.2, 0.25) is 10.0 Å². The van der Waals surface area contributed by atoms with Crippen LogP contribution in [0.15, 0.2) is 0 Å². The van der Waals surface area contributed by atoms with E-state index in [2.05, 4.69) is 4.72 Å². The fraction of sp³-hybridized carbons (Fsp3) is 1.00. The molecule has 92 valence electrons. The molecule has 1 unspecified atom stereocenters. The zero-order chi connectivity index (χ0) is 12.3. The maximum absolute atomic E-state index is 11.4. The Morgan fingerprint density at radius 1 is 1.20 bits per heavy atom. The molecule has 0 spiro atoms. The molecule has 0 radical (unpaired) electrons. The molecule has 0 aromatic rings. The van der Waals surface area contributed by atoms with Crippen molar-refractivity contribution in [3.63, 3.8) is 0 Å². The van der Waals surface area contributed by atoms with Crippen LogP contribution in [-0.4, -0.2) is 40.8 Å². The highest BCUT2D eigenvalue weighted by molar-refractivity contribution is 8.06. The third-order valence-corrected chi connectivity index (χ3v) is 5.37. The summed E-state index contributed by atoms with van der Waals surface area (Å²) in [4.78, 5) is 0. The summed E-state index contributed by atoms with van der Waals surface area (Å²) in [5.41, 5.74) is 5.37. The van der Waals surface area contributed by atoms with Crippen LogP contribution in [0.25, 0.3) is 0 Å². The summed E-state index contributed by atoms with van der Waals surface area (Å²) in [6, 6.07) is -0.434. The van der Waals surface area contributed by atoms with Gasteiger partial charge < -0.3 is 5.73 Å². The molecule has 0 bridgehead atoms. The molecule has 8 heteroatoms. The van der Waals surface area contributed by atoms with Gasteiger partial charge in [-0.1, -0.05) is 13.8 Å². The van der Waals surface area contributed by atoms with Crippen LogP contribution < -0.4 is 10.5 Å². The predicted octanol–water partition coefficient (Wildman–Crippen LogP) is -1.11. The number of nitrogens with one attached hydrogen (secondary N) is 1. The van der Waals surface area contributed by atoms with Crippen molar-refractivity contribution in [2.45, 2.75) is 19.9 Å². The molecular formula is C7H18N2O4S2. The van der Waals surface area contributed by atoms with Gasteiger partial charge in [-0.05, 0) is 5.92 Å². The third-order valence-electron chi connectivity index (χ3n) is 1.76. The Balaban J connectivity index is 4.65. The van der Waals surface area contributed by atoms with Crippen LogP contribution in [0.3, 0.4) is 0 Å². The minimum Gasteiger partial charge on any atom is -0.329 e. The number of hydrogen-bond acceptors (Lipinski definition) is 5. The van der Waals surface area contributed by atoms with E-state index in [1.807, 2.05) is 0 Å². The number of sulfonamides is 1. The first kappa shape index (κ1) is 14.8. The third kappa shape index (κ3) is 6.82.